The summed E-state index contributed by atoms with van der Waals surface area (Å²) in [4.78, 5) is 0. The number of halogens is 2. The fraction of sp³-hybridized carbons (Fsp3) is 0.0625. The molecule has 0 saturated carbocycles. The van der Waals surface area contributed by atoms with Gasteiger partial charge >= 0.3 is 0 Å². The molecule has 0 N–H and O–H groups in total. The predicted octanol–water partition coefficient (Wildman–Crippen LogP) is 4.50. The molecule has 0 saturated heterocycles. The molecule has 1 aromatic heterocycles. The van der Waals surface area contributed by atoms with Crippen LogP contribution in [0.15, 0.2) is 65.4 Å². The van der Waals surface area contributed by atoms with Gasteiger partial charge in [0.25, 0.3) is 0 Å². The van der Waals surface area contributed by atoms with Crippen LogP contribution in [0.25, 0.3) is 11.1 Å². The lowest BCUT2D eigenvalue weighted by atomic mass is 10.1. The van der Waals surface area contributed by atoms with Crippen molar-refractivity contribution in [1.29, 1.82) is 0 Å². The van der Waals surface area contributed by atoms with Crippen molar-refractivity contribution in [2.24, 2.45) is 0 Å². The summed E-state index contributed by atoms with van der Waals surface area (Å²) in [5.74, 6) is -0.229. The minimum Gasteiger partial charge on any atom is -0.268 e. The Morgan fingerprint density at radius 1 is 1.05 bits per heavy atom. The summed E-state index contributed by atoms with van der Waals surface area (Å²) in [6.07, 6.45) is 3.55. The average Bonchev–Trinajstić information content (AvgIpc) is 2.90. The third-order valence-corrected chi connectivity index (χ3v) is 3.88. The van der Waals surface area contributed by atoms with E-state index in [-0.39, 0.29) is 5.82 Å². The monoisotopic (exact) mass is 330 g/mol. The number of rotatable bonds is 3. The van der Waals surface area contributed by atoms with Gasteiger partial charge < -0.3 is 0 Å². The Bertz CT molecular complexity index is 737. The van der Waals surface area contributed by atoms with Crippen LogP contribution in [-0.2, 0) is 6.54 Å². The van der Waals surface area contributed by atoms with Crippen molar-refractivity contribution < 1.29 is 4.39 Å². The first-order valence-corrected chi connectivity index (χ1v) is 7.04. The van der Waals surface area contributed by atoms with Gasteiger partial charge in [0.05, 0.1) is 12.7 Å². The quantitative estimate of drug-likeness (QED) is 0.691. The van der Waals surface area contributed by atoms with Crippen molar-refractivity contribution in [2.45, 2.75) is 6.54 Å². The van der Waals surface area contributed by atoms with E-state index in [1.54, 1.807) is 18.3 Å². The van der Waals surface area contributed by atoms with Crippen molar-refractivity contribution in [1.82, 2.24) is 9.78 Å². The molecule has 0 amide bonds. The summed E-state index contributed by atoms with van der Waals surface area (Å²) in [7, 11) is 0. The molecule has 1 heterocycles. The second-order valence-electron chi connectivity index (χ2n) is 4.50. The molecule has 0 radical (unpaired) electrons. The van der Waals surface area contributed by atoms with Crippen LogP contribution in [-0.4, -0.2) is 9.78 Å². The van der Waals surface area contributed by atoms with E-state index in [0.717, 1.165) is 15.6 Å². The van der Waals surface area contributed by atoms with Crippen LogP contribution in [0, 0.1) is 5.82 Å². The van der Waals surface area contributed by atoms with Gasteiger partial charge in [0, 0.05) is 21.8 Å². The van der Waals surface area contributed by atoms with Crippen molar-refractivity contribution in [2.75, 3.05) is 0 Å². The SMILES string of the molecule is Fc1ccccc1-c1cnn(Cc2ccccc2Br)c1. The van der Waals surface area contributed by atoms with Gasteiger partial charge in [0.1, 0.15) is 5.82 Å². The topological polar surface area (TPSA) is 17.8 Å². The molecule has 20 heavy (non-hydrogen) atoms. The highest BCUT2D eigenvalue weighted by atomic mass is 79.9. The van der Waals surface area contributed by atoms with Crippen LogP contribution in [0.1, 0.15) is 5.56 Å². The van der Waals surface area contributed by atoms with Gasteiger partial charge in [0.2, 0.25) is 0 Å². The Labute approximate surface area is 125 Å². The Morgan fingerprint density at radius 3 is 2.60 bits per heavy atom. The van der Waals surface area contributed by atoms with E-state index in [1.807, 2.05) is 41.2 Å². The highest BCUT2D eigenvalue weighted by Gasteiger charge is 2.07. The molecular formula is C16H12BrFN2. The number of aromatic nitrogens is 2. The molecule has 0 bridgehead atoms. The summed E-state index contributed by atoms with van der Waals surface area (Å²) >= 11 is 3.52. The lowest BCUT2D eigenvalue weighted by Gasteiger charge is -2.04. The fourth-order valence-electron chi connectivity index (χ4n) is 2.09. The van der Waals surface area contributed by atoms with E-state index in [9.17, 15) is 4.39 Å². The van der Waals surface area contributed by atoms with Crippen LogP contribution in [0.2, 0.25) is 0 Å². The zero-order chi connectivity index (χ0) is 13.9. The van der Waals surface area contributed by atoms with Gasteiger partial charge in [-0.1, -0.05) is 52.3 Å². The van der Waals surface area contributed by atoms with Crippen LogP contribution in [0.3, 0.4) is 0 Å². The molecule has 4 heteroatoms. The molecule has 2 aromatic carbocycles. The van der Waals surface area contributed by atoms with E-state index in [0.29, 0.717) is 12.1 Å². The molecule has 0 atom stereocenters. The maximum atomic E-state index is 13.7. The Morgan fingerprint density at radius 2 is 1.80 bits per heavy atom. The predicted molar refractivity (Wildman–Crippen MR) is 80.9 cm³/mol. The highest BCUT2D eigenvalue weighted by molar-refractivity contribution is 9.10. The van der Waals surface area contributed by atoms with Gasteiger partial charge in [0.15, 0.2) is 0 Å². The second kappa shape index (κ2) is 5.59. The smallest absolute Gasteiger partial charge is 0.131 e. The first-order valence-electron chi connectivity index (χ1n) is 6.25. The van der Waals surface area contributed by atoms with Gasteiger partial charge in [-0.2, -0.15) is 5.10 Å². The van der Waals surface area contributed by atoms with Gasteiger partial charge in [-0.05, 0) is 17.7 Å². The van der Waals surface area contributed by atoms with Crippen molar-refractivity contribution >= 4 is 15.9 Å². The van der Waals surface area contributed by atoms with E-state index in [1.165, 1.54) is 6.07 Å². The zero-order valence-corrected chi connectivity index (χ0v) is 12.2. The molecule has 0 aliphatic heterocycles. The van der Waals surface area contributed by atoms with Crippen molar-refractivity contribution in [3.63, 3.8) is 0 Å². The highest BCUT2D eigenvalue weighted by Crippen LogP contribution is 2.23. The Hall–Kier alpha value is -1.94. The molecule has 3 rings (SSSR count). The summed E-state index contributed by atoms with van der Waals surface area (Å²) in [5.41, 5.74) is 2.50. The minimum atomic E-state index is -0.229. The van der Waals surface area contributed by atoms with E-state index in [4.69, 9.17) is 0 Å². The maximum Gasteiger partial charge on any atom is 0.131 e. The van der Waals surface area contributed by atoms with Crippen LogP contribution < -0.4 is 0 Å². The lowest BCUT2D eigenvalue weighted by Crippen LogP contribution is -2.00. The molecule has 0 aliphatic rings. The third kappa shape index (κ3) is 2.65. The maximum absolute atomic E-state index is 13.7. The molecule has 0 aliphatic carbocycles. The number of benzene rings is 2. The molecule has 0 fully saturated rings. The number of hydrogen-bond donors (Lipinski definition) is 0. The first kappa shape index (κ1) is 13.1. The molecule has 2 nitrogen and oxygen atoms in total. The Kier molecular flexibility index (Phi) is 3.65. The molecule has 0 spiro atoms. The summed E-state index contributed by atoms with van der Waals surface area (Å²) in [5, 5.41) is 4.30. The van der Waals surface area contributed by atoms with Crippen molar-refractivity contribution in [3.05, 3.63) is 76.8 Å². The summed E-state index contributed by atoms with van der Waals surface area (Å²) < 4.78 is 16.6. The Balaban J connectivity index is 1.88. The van der Waals surface area contributed by atoms with Crippen molar-refractivity contribution in [3.8, 4) is 11.1 Å². The van der Waals surface area contributed by atoms with E-state index >= 15 is 0 Å². The van der Waals surface area contributed by atoms with E-state index in [2.05, 4.69) is 21.0 Å². The molecular weight excluding hydrogens is 319 g/mol. The lowest BCUT2D eigenvalue weighted by molar-refractivity contribution is 0.631. The molecule has 100 valence electrons. The van der Waals surface area contributed by atoms with Gasteiger partial charge in [-0.15, -0.1) is 0 Å². The first-order chi connectivity index (χ1) is 9.74. The average molecular weight is 331 g/mol. The summed E-state index contributed by atoms with van der Waals surface area (Å²) in [6.45, 7) is 0.649. The molecule has 3 aromatic rings. The standard InChI is InChI=1S/C16H12BrFN2/c17-15-7-3-1-5-12(15)10-20-11-13(9-19-20)14-6-2-4-8-16(14)18/h1-9,11H,10H2. The molecule has 0 unspecified atom stereocenters. The normalized spacial score (nSPS) is 10.7. The van der Waals surface area contributed by atoms with Crippen LogP contribution in [0.5, 0.6) is 0 Å². The van der Waals surface area contributed by atoms with Crippen LogP contribution in [0.4, 0.5) is 4.39 Å². The fourth-order valence-corrected chi connectivity index (χ4v) is 2.50. The summed E-state index contributed by atoms with van der Waals surface area (Å²) in [6, 6.07) is 14.7. The zero-order valence-electron chi connectivity index (χ0n) is 10.6. The number of nitrogens with zero attached hydrogens (tertiary/aromatic N) is 2. The minimum absolute atomic E-state index is 0.229. The van der Waals surface area contributed by atoms with E-state index < -0.39 is 0 Å². The van der Waals surface area contributed by atoms with Gasteiger partial charge in [-0.25, -0.2) is 4.39 Å². The number of hydrogen-bond acceptors (Lipinski definition) is 1. The third-order valence-electron chi connectivity index (χ3n) is 3.11. The second-order valence-corrected chi connectivity index (χ2v) is 5.35. The largest absolute Gasteiger partial charge is 0.268 e. The van der Waals surface area contributed by atoms with Gasteiger partial charge in [-0.3, -0.25) is 4.68 Å². The van der Waals surface area contributed by atoms with Crippen LogP contribution >= 0.6 is 15.9 Å².